The Morgan fingerprint density at radius 2 is 2.00 bits per heavy atom. The van der Waals surface area contributed by atoms with Crippen LogP contribution >= 0.6 is 12.2 Å². The predicted octanol–water partition coefficient (Wildman–Crippen LogP) is 1.20. The Kier molecular flexibility index (Phi) is 5.12. The van der Waals surface area contributed by atoms with Gasteiger partial charge >= 0.3 is 0 Å². The Morgan fingerprint density at radius 1 is 1.38 bits per heavy atom. The number of aliphatic imine (C=N–C) groups is 1. The molecule has 1 aromatic carbocycles. The topological polar surface area (TPSA) is 131 Å². The molecule has 10 heteroatoms. The van der Waals surface area contributed by atoms with E-state index in [0.29, 0.717) is 5.69 Å². The molecule has 0 bridgehead atoms. The molecule has 8 nitrogen and oxygen atoms in total. The van der Waals surface area contributed by atoms with E-state index in [1.54, 1.807) is 0 Å². The van der Waals surface area contributed by atoms with Crippen molar-refractivity contribution >= 4 is 34.1 Å². The summed E-state index contributed by atoms with van der Waals surface area (Å²) in [6, 6.07) is 5.41. The largest absolute Gasteiger partial charge is 0.494 e. The summed E-state index contributed by atoms with van der Waals surface area (Å²) < 4.78 is 23.7. The quantitative estimate of drug-likeness (QED) is 0.416. The van der Waals surface area contributed by atoms with E-state index in [2.05, 4.69) is 16.6 Å². The summed E-state index contributed by atoms with van der Waals surface area (Å²) >= 11 is 4.97. The van der Waals surface area contributed by atoms with Crippen molar-refractivity contribution in [3.8, 4) is 5.88 Å². The number of nitrogens with zero attached hydrogens (tertiary/aromatic N) is 2. The number of primary sulfonamides is 1. The zero-order valence-corrected chi connectivity index (χ0v) is 14.0. The SMILES string of the molecule is C=CCn1c(O)c(C=Nc2ccc(S(N)(=O)=O)cc2)c(=O)[nH]c1=S. The Labute approximate surface area is 142 Å². The molecule has 0 unspecified atom stereocenters. The molecule has 0 aliphatic heterocycles. The summed E-state index contributed by atoms with van der Waals surface area (Å²) in [6.45, 7) is 3.76. The van der Waals surface area contributed by atoms with E-state index in [1.807, 2.05) is 0 Å². The average molecular weight is 366 g/mol. The third-order valence-corrected chi connectivity index (χ3v) is 4.28. The van der Waals surface area contributed by atoms with Crippen LogP contribution in [0.3, 0.4) is 0 Å². The molecule has 0 saturated carbocycles. The van der Waals surface area contributed by atoms with Gasteiger partial charge in [-0.3, -0.25) is 19.3 Å². The number of rotatable bonds is 5. The van der Waals surface area contributed by atoms with Crippen LogP contribution in [-0.4, -0.2) is 29.3 Å². The van der Waals surface area contributed by atoms with Gasteiger partial charge in [-0.15, -0.1) is 6.58 Å². The lowest BCUT2D eigenvalue weighted by Gasteiger charge is -2.08. The first kappa shape index (κ1) is 17.8. The molecule has 1 heterocycles. The number of aromatic amines is 1. The summed E-state index contributed by atoms with van der Waals surface area (Å²) in [6.07, 6.45) is 2.68. The van der Waals surface area contributed by atoms with Gasteiger partial charge in [0.1, 0.15) is 5.56 Å². The maximum Gasteiger partial charge on any atom is 0.264 e. The highest BCUT2D eigenvalue weighted by Gasteiger charge is 2.10. The fraction of sp³-hybridized carbons (Fsp3) is 0.0714. The van der Waals surface area contributed by atoms with Gasteiger partial charge in [0.2, 0.25) is 15.9 Å². The molecule has 1 aromatic heterocycles. The molecule has 0 spiro atoms. The number of aromatic nitrogens is 2. The number of hydrogen-bond acceptors (Lipinski definition) is 6. The lowest BCUT2D eigenvalue weighted by atomic mass is 10.3. The van der Waals surface area contributed by atoms with Gasteiger partial charge in [-0.05, 0) is 36.5 Å². The second-order valence-electron chi connectivity index (χ2n) is 4.69. The molecular formula is C14H14N4O4S2. The summed E-state index contributed by atoms with van der Waals surface area (Å²) in [5, 5.41) is 15.2. The van der Waals surface area contributed by atoms with Crippen LogP contribution < -0.4 is 10.7 Å². The number of benzene rings is 1. The molecule has 0 amide bonds. The van der Waals surface area contributed by atoms with Gasteiger partial charge in [0, 0.05) is 12.8 Å². The molecule has 0 fully saturated rings. The number of hydrogen-bond donors (Lipinski definition) is 3. The number of aromatic hydroxyl groups is 1. The van der Waals surface area contributed by atoms with Crippen molar-refractivity contribution in [3.63, 3.8) is 0 Å². The third-order valence-electron chi connectivity index (χ3n) is 3.03. The molecule has 2 rings (SSSR count). The molecule has 126 valence electrons. The van der Waals surface area contributed by atoms with Crippen LogP contribution in [0, 0.1) is 4.77 Å². The minimum Gasteiger partial charge on any atom is -0.494 e. The minimum atomic E-state index is -3.79. The van der Waals surface area contributed by atoms with Crippen LogP contribution in [0.1, 0.15) is 5.56 Å². The molecule has 4 N–H and O–H groups in total. The highest BCUT2D eigenvalue weighted by Crippen LogP contribution is 2.17. The van der Waals surface area contributed by atoms with Crippen molar-refractivity contribution in [3.05, 3.63) is 57.6 Å². The van der Waals surface area contributed by atoms with E-state index < -0.39 is 15.6 Å². The lowest BCUT2D eigenvalue weighted by molar-refractivity contribution is 0.413. The van der Waals surface area contributed by atoms with Gasteiger partial charge in [-0.2, -0.15) is 0 Å². The Bertz CT molecular complexity index is 1020. The Balaban J connectivity index is 2.42. The molecular weight excluding hydrogens is 352 g/mol. The number of sulfonamides is 1. The van der Waals surface area contributed by atoms with E-state index >= 15 is 0 Å². The molecule has 24 heavy (non-hydrogen) atoms. The normalized spacial score (nSPS) is 11.7. The van der Waals surface area contributed by atoms with E-state index in [-0.39, 0.29) is 27.7 Å². The van der Waals surface area contributed by atoms with Gasteiger partial charge in [0.05, 0.1) is 10.6 Å². The van der Waals surface area contributed by atoms with E-state index in [9.17, 15) is 18.3 Å². The van der Waals surface area contributed by atoms with Gasteiger partial charge in [-0.1, -0.05) is 6.08 Å². The van der Waals surface area contributed by atoms with Crippen molar-refractivity contribution in [2.24, 2.45) is 10.1 Å². The van der Waals surface area contributed by atoms with E-state index in [4.69, 9.17) is 17.4 Å². The zero-order valence-electron chi connectivity index (χ0n) is 12.3. The first-order valence-electron chi connectivity index (χ1n) is 6.58. The zero-order chi connectivity index (χ0) is 17.9. The maximum absolute atomic E-state index is 11.9. The number of allylic oxidation sites excluding steroid dienone is 1. The van der Waals surface area contributed by atoms with E-state index in [0.717, 1.165) is 6.21 Å². The number of nitrogens with two attached hydrogens (primary N) is 1. The smallest absolute Gasteiger partial charge is 0.264 e. The van der Waals surface area contributed by atoms with Crippen LogP contribution in [-0.2, 0) is 16.6 Å². The summed E-state index contributed by atoms with van der Waals surface area (Å²) in [4.78, 5) is 18.3. The predicted molar refractivity (Wildman–Crippen MR) is 92.8 cm³/mol. The first-order chi connectivity index (χ1) is 11.2. The summed E-state index contributed by atoms with van der Waals surface area (Å²) in [5.41, 5.74) is -0.303. The molecule has 0 aliphatic rings. The van der Waals surface area contributed by atoms with Crippen LogP contribution in [0.4, 0.5) is 5.69 Å². The van der Waals surface area contributed by atoms with E-state index in [1.165, 1.54) is 34.9 Å². The highest BCUT2D eigenvalue weighted by molar-refractivity contribution is 7.89. The molecule has 0 atom stereocenters. The lowest BCUT2D eigenvalue weighted by Crippen LogP contribution is -2.18. The van der Waals surface area contributed by atoms with Crippen LogP contribution in [0.2, 0.25) is 0 Å². The number of H-pyrrole nitrogens is 1. The van der Waals surface area contributed by atoms with Crippen LogP contribution in [0.5, 0.6) is 5.88 Å². The van der Waals surface area contributed by atoms with Crippen LogP contribution in [0.15, 0.2) is 51.6 Å². The van der Waals surface area contributed by atoms with Crippen LogP contribution in [0.25, 0.3) is 0 Å². The molecule has 0 saturated heterocycles. The second-order valence-corrected chi connectivity index (χ2v) is 6.64. The van der Waals surface area contributed by atoms with Gasteiger partial charge in [0.15, 0.2) is 4.77 Å². The summed E-state index contributed by atoms with van der Waals surface area (Å²) in [5.74, 6) is -0.339. The van der Waals surface area contributed by atoms with Crippen molar-refractivity contribution in [2.75, 3.05) is 0 Å². The van der Waals surface area contributed by atoms with Crippen molar-refractivity contribution in [2.45, 2.75) is 11.4 Å². The summed E-state index contributed by atoms with van der Waals surface area (Å²) in [7, 11) is -3.79. The van der Waals surface area contributed by atoms with Gasteiger partial charge in [0.25, 0.3) is 5.56 Å². The number of nitrogens with one attached hydrogen (secondary N) is 1. The van der Waals surface area contributed by atoms with Gasteiger partial charge in [-0.25, -0.2) is 13.6 Å². The standard InChI is InChI=1S/C14H14N4O4S2/c1-2-7-18-13(20)11(12(19)17-14(18)23)8-16-9-3-5-10(6-4-9)24(15,21)22/h2-6,8,20H,1,7H2,(H2,15,21,22)(H,17,19,23). The monoisotopic (exact) mass is 366 g/mol. The molecule has 2 aromatic rings. The van der Waals surface area contributed by atoms with Crippen molar-refractivity contribution in [1.82, 2.24) is 9.55 Å². The van der Waals surface area contributed by atoms with Crippen molar-refractivity contribution < 1.29 is 13.5 Å². The first-order valence-corrected chi connectivity index (χ1v) is 8.53. The average Bonchev–Trinajstić information content (AvgIpc) is 2.50. The van der Waals surface area contributed by atoms with Gasteiger partial charge < -0.3 is 5.11 Å². The Morgan fingerprint density at radius 3 is 2.54 bits per heavy atom. The van der Waals surface area contributed by atoms with Crippen molar-refractivity contribution in [1.29, 1.82) is 0 Å². The Hall–Kier alpha value is -2.56. The molecule has 0 radical (unpaired) electrons. The molecule has 0 aliphatic carbocycles. The maximum atomic E-state index is 11.9. The minimum absolute atomic E-state index is 0.0542. The second kappa shape index (κ2) is 6.91. The fourth-order valence-corrected chi connectivity index (χ4v) is 2.62. The third kappa shape index (κ3) is 3.85. The highest BCUT2D eigenvalue weighted by atomic mass is 32.2. The fourth-order valence-electron chi connectivity index (χ4n) is 1.85.